The number of ether oxygens (including phenoxy) is 1. The minimum Gasteiger partial charge on any atom is -0.461 e. The molecule has 4 heteroatoms. The van der Waals surface area contributed by atoms with Crippen LogP contribution < -0.4 is 4.68 Å². The first-order valence-corrected chi connectivity index (χ1v) is 4.20. The zero-order valence-electron chi connectivity index (χ0n) is 7.86. The summed E-state index contributed by atoms with van der Waals surface area (Å²) in [4.78, 5) is 11.0. The van der Waals surface area contributed by atoms with E-state index in [0.29, 0.717) is 6.61 Å². The Hall–Kier alpha value is -1.45. The number of carbonyl (C=O) groups is 1. The van der Waals surface area contributed by atoms with Gasteiger partial charge in [0.15, 0.2) is 6.20 Å². The zero-order valence-corrected chi connectivity index (χ0v) is 7.86. The summed E-state index contributed by atoms with van der Waals surface area (Å²) in [6, 6.07) is 1.88. The van der Waals surface area contributed by atoms with Gasteiger partial charge in [-0.25, -0.2) is 4.79 Å². The van der Waals surface area contributed by atoms with Crippen molar-refractivity contribution in [3.05, 3.63) is 24.0 Å². The Bertz CT molecular complexity index is 299. The molecule has 0 unspecified atom stereocenters. The smallest absolute Gasteiger partial charge is 0.375 e. The van der Waals surface area contributed by atoms with Crippen molar-refractivity contribution in [3.8, 4) is 0 Å². The molecule has 0 radical (unpaired) electrons. The SMILES string of the molecule is CCOC(=O)C[n+]1cc(C)ccn1. The van der Waals surface area contributed by atoms with Gasteiger partial charge in [-0.1, -0.05) is 4.68 Å². The van der Waals surface area contributed by atoms with Crippen LogP contribution in [0, 0.1) is 6.92 Å². The highest BCUT2D eigenvalue weighted by atomic mass is 16.5. The molecule has 1 aromatic rings. The Balaban J connectivity index is 2.58. The molecule has 4 nitrogen and oxygen atoms in total. The van der Waals surface area contributed by atoms with Crippen LogP contribution in [-0.4, -0.2) is 17.7 Å². The highest BCUT2D eigenvalue weighted by Gasteiger charge is 2.10. The Morgan fingerprint density at radius 3 is 3.08 bits per heavy atom. The minimum atomic E-state index is -0.259. The lowest BCUT2D eigenvalue weighted by atomic mass is 10.3. The average Bonchev–Trinajstić information content (AvgIpc) is 2.04. The topological polar surface area (TPSA) is 43.1 Å². The van der Waals surface area contributed by atoms with Crippen molar-refractivity contribution in [2.75, 3.05) is 6.61 Å². The van der Waals surface area contributed by atoms with Crippen molar-refractivity contribution in [1.29, 1.82) is 0 Å². The molecule has 0 N–H and O–H groups in total. The van der Waals surface area contributed by atoms with Crippen LogP contribution >= 0.6 is 0 Å². The number of hydrogen-bond acceptors (Lipinski definition) is 3. The summed E-state index contributed by atoms with van der Waals surface area (Å²) >= 11 is 0. The van der Waals surface area contributed by atoms with Gasteiger partial charge >= 0.3 is 5.97 Å². The second-order valence-electron chi connectivity index (χ2n) is 2.71. The van der Waals surface area contributed by atoms with E-state index >= 15 is 0 Å². The van der Waals surface area contributed by atoms with Gasteiger partial charge in [-0.3, -0.25) is 0 Å². The lowest BCUT2D eigenvalue weighted by Crippen LogP contribution is -2.42. The number of carbonyl (C=O) groups excluding carboxylic acids is 1. The maximum Gasteiger partial charge on any atom is 0.375 e. The number of aryl methyl sites for hydroxylation is 1. The first-order chi connectivity index (χ1) is 6.22. The van der Waals surface area contributed by atoms with E-state index in [9.17, 15) is 4.79 Å². The maximum absolute atomic E-state index is 11.0. The van der Waals surface area contributed by atoms with E-state index in [4.69, 9.17) is 4.74 Å². The summed E-state index contributed by atoms with van der Waals surface area (Å²) in [5.41, 5.74) is 1.07. The highest BCUT2D eigenvalue weighted by Crippen LogP contribution is 1.87. The molecule has 1 aromatic heterocycles. The average molecular weight is 181 g/mol. The van der Waals surface area contributed by atoms with E-state index in [0.717, 1.165) is 5.56 Å². The number of nitrogens with zero attached hydrogens (tertiary/aromatic N) is 2. The van der Waals surface area contributed by atoms with Gasteiger partial charge in [0.25, 0.3) is 6.54 Å². The third-order valence-electron chi connectivity index (χ3n) is 1.50. The van der Waals surface area contributed by atoms with Crippen LogP contribution in [0.3, 0.4) is 0 Å². The normalized spacial score (nSPS) is 9.69. The molecule has 0 fully saturated rings. The lowest BCUT2D eigenvalue weighted by Gasteiger charge is -1.96. The van der Waals surface area contributed by atoms with Gasteiger partial charge in [0.2, 0.25) is 0 Å². The van der Waals surface area contributed by atoms with Crippen molar-refractivity contribution < 1.29 is 14.2 Å². The summed E-state index contributed by atoms with van der Waals surface area (Å²) in [5, 5.41) is 3.98. The van der Waals surface area contributed by atoms with Gasteiger partial charge in [0, 0.05) is 5.56 Å². The van der Waals surface area contributed by atoms with Gasteiger partial charge < -0.3 is 4.74 Å². The van der Waals surface area contributed by atoms with Crippen molar-refractivity contribution in [1.82, 2.24) is 5.10 Å². The van der Waals surface area contributed by atoms with Crippen molar-refractivity contribution in [2.24, 2.45) is 0 Å². The van der Waals surface area contributed by atoms with Crippen molar-refractivity contribution in [2.45, 2.75) is 20.4 Å². The number of aromatic nitrogens is 2. The van der Waals surface area contributed by atoms with Gasteiger partial charge in [0.1, 0.15) is 0 Å². The van der Waals surface area contributed by atoms with Gasteiger partial charge in [0.05, 0.1) is 12.8 Å². The Morgan fingerprint density at radius 2 is 2.46 bits per heavy atom. The predicted molar refractivity (Wildman–Crippen MR) is 45.8 cm³/mol. The predicted octanol–water partition coefficient (Wildman–Crippen LogP) is 0.241. The summed E-state index contributed by atoms with van der Waals surface area (Å²) in [7, 11) is 0. The summed E-state index contributed by atoms with van der Waals surface area (Å²) in [5.74, 6) is -0.259. The minimum absolute atomic E-state index is 0.176. The fourth-order valence-electron chi connectivity index (χ4n) is 0.973. The van der Waals surface area contributed by atoms with Crippen molar-refractivity contribution >= 4 is 5.97 Å². The molecule has 0 amide bonds. The molecule has 0 aliphatic carbocycles. The largest absolute Gasteiger partial charge is 0.461 e. The van der Waals surface area contributed by atoms with Crippen LogP contribution in [0.5, 0.6) is 0 Å². The van der Waals surface area contributed by atoms with Gasteiger partial charge in [-0.15, -0.1) is 0 Å². The maximum atomic E-state index is 11.0. The second-order valence-corrected chi connectivity index (χ2v) is 2.71. The molecular formula is C9H13N2O2+. The Morgan fingerprint density at radius 1 is 1.69 bits per heavy atom. The molecule has 13 heavy (non-hydrogen) atoms. The summed E-state index contributed by atoms with van der Waals surface area (Å²) in [6.45, 7) is 4.32. The van der Waals surface area contributed by atoms with Crippen LogP contribution in [-0.2, 0) is 16.1 Å². The molecule has 0 aliphatic heterocycles. The van der Waals surface area contributed by atoms with E-state index in [2.05, 4.69) is 5.10 Å². The van der Waals surface area contributed by atoms with E-state index in [1.54, 1.807) is 24.0 Å². The lowest BCUT2D eigenvalue weighted by molar-refractivity contribution is -0.743. The molecular weight excluding hydrogens is 168 g/mol. The zero-order chi connectivity index (χ0) is 9.68. The fraction of sp³-hybridized carbons (Fsp3) is 0.444. The quantitative estimate of drug-likeness (QED) is 0.495. The molecule has 0 atom stereocenters. The Labute approximate surface area is 77.1 Å². The number of rotatable bonds is 3. The second kappa shape index (κ2) is 4.54. The number of hydrogen-bond donors (Lipinski definition) is 0. The number of esters is 1. The Kier molecular flexibility index (Phi) is 3.37. The van der Waals surface area contributed by atoms with Crippen LogP contribution in [0.1, 0.15) is 12.5 Å². The summed E-state index contributed by atoms with van der Waals surface area (Å²) in [6.07, 6.45) is 3.46. The van der Waals surface area contributed by atoms with Crippen molar-refractivity contribution in [3.63, 3.8) is 0 Å². The molecule has 1 heterocycles. The van der Waals surface area contributed by atoms with Crippen LogP contribution in [0.15, 0.2) is 18.5 Å². The summed E-state index contributed by atoms with van der Waals surface area (Å²) < 4.78 is 6.35. The van der Waals surface area contributed by atoms with Gasteiger partial charge in [-0.05, 0) is 25.0 Å². The third-order valence-corrected chi connectivity index (χ3v) is 1.50. The van der Waals surface area contributed by atoms with E-state index in [1.807, 2.05) is 13.0 Å². The van der Waals surface area contributed by atoms with E-state index < -0.39 is 0 Å². The molecule has 0 saturated carbocycles. The standard InChI is InChI=1S/C9H13N2O2/c1-3-13-9(12)7-11-6-8(2)4-5-10-11/h4-6H,3,7H2,1-2H3/q+1. The van der Waals surface area contributed by atoms with E-state index in [-0.39, 0.29) is 12.5 Å². The highest BCUT2D eigenvalue weighted by molar-refractivity contribution is 5.67. The molecule has 0 spiro atoms. The molecule has 0 saturated heterocycles. The first kappa shape index (κ1) is 9.64. The molecule has 0 aromatic carbocycles. The van der Waals surface area contributed by atoms with Crippen LogP contribution in [0.25, 0.3) is 0 Å². The fourth-order valence-corrected chi connectivity index (χ4v) is 0.973. The molecule has 0 bridgehead atoms. The molecule has 70 valence electrons. The first-order valence-electron chi connectivity index (χ1n) is 4.20. The molecule has 0 aliphatic rings. The third kappa shape index (κ3) is 3.19. The van der Waals surface area contributed by atoms with Gasteiger partial charge in [-0.2, -0.15) is 0 Å². The van der Waals surface area contributed by atoms with Crippen LogP contribution in [0.2, 0.25) is 0 Å². The van der Waals surface area contributed by atoms with Crippen LogP contribution in [0.4, 0.5) is 0 Å². The monoisotopic (exact) mass is 181 g/mol. The van der Waals surface area contributed by atoms with E-state index in [1.165, 1.54) is 0 Å². The molecule has 1 rings (SSSR count).